The Balaban J connectivity index is 0.00000192. The summed E-state index contributed by atoms with van der Waals surface area (Å²) in [6, 6.07) is 0. The van der Waals surface area contributed by atoms with Crippen LogP contribution in [0.1, 0.15) is 51.4 Å². The Morgan fingerprint density at radius 2 is 1.61 bits per heavy atom. The van der Waals surface area contributed by atoms with Crippen molar-refractivity contribution < 1.29 is 4.79 Å². The first kappa shape index (κ1) is 19.0. The van der Waals surface area contributed by atoms with Crippen molar-refractivity contribution in [3.05, 3.63) is 0 Å². The van der Waals surface area contributed by atoms with E-state index in [2.05, 4.69) is 15.1 Å². The zero-order chi connectivity index (χ0) is 15.2. The lowest BCUT2D eigenvalue weighted by molar-refractivity contribution is -0.134. The molecule has 0 aromatic rings. The minimum Gasteiger partial charge on any atom is -0.340 e. The summed E-state index contributed by atoms with van der Waals surface area (Å²) in [7, 11) is 0. The molecule has 0 spiro atoms. The fourth-order valence-corrected chi connectivity index (χ4v) is 4.39. The lowest BCUT2D eigenvalue weighted by Gasteiger charge is -2.38. The van der Waals surface area contributed by atoms with Gasteiger partial charge in [-0.2, -0.15) is 0 Å². The summed E-state index contributed by atoms with van der Waals surface area (Å²) < 4.78 is 0. The quantitative estimate of drug-likeness (QED) is 0.852. The highest BCUT2D eigenvalue weighted by atomic mass is 35.5. The average molecular weight is 344 g/mol. The number of amides is 1. The number of hydrogen-bond donors (Lipinski definition) is 1. The van der Waals surface area contributed by atoms with Crippen molar-refractivity contribution in [2.75, 3.05) is 45.8 Å². The van der Waals surface area contributed by atoms with Crippen LogP contribution in [-0.4, -0.2) is 61.5 Å². The van der Waals surface area contributed by atoms with E-state index in [1.54, 1.807) is 0 Å². The van der Waals surface area contributed by atoms with Crippen LogP contribution in [0.3, 0.4) is 0 Å². The molecule has 0 bridgehead atoms. The molecule has 4 nitrogen and oxygen atoms in total. The summed E-state index contributed by atoms with van der Waals surface area (Å²) in [4.78, 5) is 17.2. The van der Waals surface area contributed by atoms with E-state index in [4.69, 9.17) is 0 Å². The topological polar surface area (TPSA) is 35.6 Å². The van der Waals surface area contributed by atoms with Crippen molar-refractivity contribution in [2.45, 2.75) is 51.4 Å². The summed E-state index contributed by atoms with van der Waals surface area (Å²) >= 11 is 0. The highest BCUT2D eigenvalue weighted by molar-refractivity contribution is 5.85. The molecule has 3 rings (SSSR count). The van der Waals surface area contributed by atoms with Crippen molar-refractivity contribution in [1.82, 2.24) is 15.1 Å². The summed E-state index contributed by atoms with van der Waals surface area (Å²) in [6.45, 7) is 7.65. The van der Waals surface area contributed by atoms with Gasteiger partial charge in [-0.25, -0.2) is 0 Å². The predicted molar refractivity (Wildman–Crippen MR) is 97.1 cm³/mol. The van der Waals surface area contributed by atoms with E-state index in [1.807, 2.05) is 0 Å². The normalized spacial score (nSPS) is 27.5. The Kier molecular flexibility index (Phi) is 8.14. The van der Waals surface area contributed by atoms with Gasteiger partial charge in [0.1, 0.15) is 0 Å². The molecule has 23 heavy (non-hydrogen) atoms. The van der Waals surface area contributed by atoms with Crippen LogP contribution in [0.5, 0.6) is 0 Å². The number of hydrogen-bond acceptors (Lipinski definition) is 3. The molecular weight excluding hydrogens is 310 g/mol. The average Bonchev–Trinajstić information content (AvgIpc) is 2.57. The zero-order valence-electron chi connectivity index (χ0n) is 14.5. The molecule has 1 N–H and O–H groups in total. The van der Waals surface area contributed by atoms with Gasteiger partial charge in [-0.3, -0.25) is 9.69 Å². The van der Waals surface area contributed by atoms with Crippen LogP contribution in [0.15, 0.2) is 0 Å². The summed E-state index contributed by atoms with van der Waals surface area (Å²) in [6.07, 6.45) is 10.1. The third kappa shape index (κ3) is 5.91. The first-order chi connectivity index (χ1) is 10.8. The van der Waals surface area contributed by atoms with Crippen LogP contribution in [0, 0.1) is 11.8 Å². The van der Waals surface area contributed by atoms with Gasteiger partial charge in [0.05, 0.1) is 0 Å². The van der Waals surface area contributed by atoms with Gasteiger partial charge in [-0.1, -0.05) is 19.3 Å². The smallest absolute Gasteiger partial charge is 0.222 e. The van der Waals surface area contributed by atoms with E-state index in [0.717, 1.165) is 38.5 Å². The fourth-order valence-electron chi connectivity index (χ4n) is 4.39. The number of piperidine rings is 1. The predicted octanol–water partition coefficient (Wildman–Crippen LogP) is 2.52. The molecule has 2 heterocycles. The Labute approximate surface area is 147 Å². The maximum absolute atomic E-state index is 12.5. The summed E-state index contributed by atoms with van der Waals surface area (Å²) in [5.74, 6) is 1.91. The summed E-state index contributed by atoms with van der Waals surface area (Å²) in [5.41, 5.74) is 0. The van der Waals surface area contributed by atoms with E-state index >= 15 is 0 Å². The van der Waals surface area contributed by atoms with Crippen molar-refractivity contribution >= 4 is 18.3 Å². The molecule has 3 fully saturated rings. The third-order valence-electron chi connectivity index (χ3n) is 5.83. The van der Waals surface area contributed by atoms with Gasteiger partial charge in [-0.05, 0) is 50.6 Å². The van der Waals surface area contributed by atoms with E-state index in [-0.39, 0.29) is 12.4 Å². The fraction of sp³-hybridized carbons (Fsp3) is 0.944. The lowest BCUT2D eigenvalue weighted by Crippen LogP contribution is -2.51. The lowest BCUT2D eigenvalue weighted by atomic mass is 9.86. The number of carbonyl (C=O) groups excluding carboxylic acids is 1. The standard InChI is InChI=1S/C18H33N3O.ClH/c22-18(13-16-5-2-1-3-6-16)21-11-9-20(10-12-21)15-17-7-4-8-19-14-17;/h16-17,19H,1-15H2;1H. The van der Waals surface area contributed by atoms with Crippen molar-refractivity contribution in [3.8, 4) is 0 Å². The molecule has 5 heteroatoms. The molecule has 1 atom stereocenters. The Hall–Kier alpha value is -0.320. The van der Waals surface area contributed by atoms with Crippen LogP contribution in [0.4, 0.5) is 0 Å². The van der Waals surface area contributed by atoms with Crippen LogP contribution in [0.2, 0.25) is 0 Å². The highest BCUT2D eigenvalue weighted by Gasteiger charge is 2.25. The Morgan fingerprint density at radius 1 is 0.913 bits per heavy atom. The van der Waals surface area contributed by atoms with Gasteiger partial charge < -0.3 is 10.2 Å². The van der Waals surface area contributed by atoms with E-state index in [1.165, 1.54) is 64.6 Å². The van der Waals surface area contributed by atoms with Gasteiger partial charge in [-0.15, -0.1) is 12.4 Å². The van der Waals surface area contributed by atoms with Gasteiger partial charge >= 0.3 is 0 Å². The Bertz CT molecular complexity index is 346. The molecule has 0 radical (unpaired) electrons. The van der Waals surface area contributed by atoms with Crippen LogP contribution in [0.25, 0.3) is 0 Å². The largest absolute Gasteiger partial charge is 0.340 e. The molecule has 1 unspecified atom stereocenters. The molecule has 3 aliphatic rings. The molecule has 0 aromatic heterocycles. The van der Waals surface area contributed by atoms with Gasteiger partial charge in [0.25, 0.3) is 0 Å². The second kappa shape index (κ2) is 9.85. The van der Waals surface area contributed by atoms with E-state index in [0.29, 0.717) is 11.8 Å². The van der Waals surface area contributed by atoms with E-state index < -0.39 is 0 Å². The monoisotopic (exact) mass is 343 g/mol. The van der Waals surface area contributed by atoms with Crippen LogP contribution < -0.4 is 5.32 Å². The number of rotatable bonds is 4. The minimum atomic E-state index is 0. The molecular formula is C18H34ClN3O. The SMILES string of the molecule is Cl.O=C(CC1CCCCC1)N1CCN(CC2CCCNC2)CC1. The minimum absolute atomic E-state index is 0. The Morgan fingerprint density at radius 3 is 2.26 bits per heavy atom. The number of carbonyl (C=O) groups is 1. The van der Waals surface area contributed by atoms with Gasteiger partial charge in [0.2, 0.25) is 5.91 Å². The highest BCUT2D eigenvalue weighted by Crippen LogP contribution is 2.27. The first-order valence-electron chi connectivity index (χ1n) is 9.52. The number of nitrogens with one attached hydrogen (secondary N) is 1. The first-order valence-corrected chi connectivity index (χ1v) is 9.52. The molecule has 1 amide bonds. The summed E-state index contributed by atoms with van der Waals surface area (Å²) in [5, 5.41) is 3.51. The molecule has 1 aliphatic carbocycles. The number of halogens is 1. The maximum atomic E-state index is 12.5. The molecule has 2 aliphatic heterocycles. The molecule has 2 saturated heterocycles. The van der Waals surface area contributed by atoms with Crippen LogP contribution in [-0.2, 0) is 4.79 Å². The van der Waals surface area contributed by atoms with Crippen LogP contribution >= 0.6 is 12.4 Å². The molecule has 1 saturated carbocycles. The molecule has 134 valence electrons. The van der Waals surface area contributed by atoms with Crippen molar-refractivity contribution in [3.63, 3.8) is 0 Å². The zero-order valence-corrected chi connectivity index (χ0v) is 15.3. The number of nitrogens with zero attached hydrogens (tertiary/aromatic N) is 2. The van der Waals surface area contributed by atoms with Gasteiger partial charge in [0.15, 0.2) is 0 Å². The molecule has 0 aromatic carbocycles. The second-order valence-corrected chi connectivity index (χ2v) is 7.60. The van der Waals surface area contributed by atoms with Crippen molar-refractivity contribution in [1.29, 1.82) is 0 Å². The maximum Gasteiger partial charge on any atom is 0.222 e. The van der Waals surface area contributed by atoms with Gasteiger partial charge in [0, 0.05) is 39.1 Å². The van der Waals surface area contributed by atoms with Crippen molar-refractivity contribution in [2.24, 2.45) is 11.8 Å². The van der Waals surface area contributed by atoms with E-state index in [9.17, 15) is 4.79 Å². The second-order valence-electron chi connectivity index (χ2n) is 7.60. The third-order valence-corrected chi connectivity index (χ3v) is 5.83. The number of piperazine rings is 1.